The Morgan fingerprint density at radius 1 is 1.41 bits per heavy atom. The van der Waals surface area contributed by atoms with Gasteiger partial charge in [0.1, 0.15) is 16.9 Å². The fraction of sp³-hybridized carbons (Fsp3) is 0.471. The lowest BCUT2D eigenvalue weighted by atomic mass is 9.77. The van der Waals surface area contributed by atoms with Crippen LogP contribution >= 0.6 is 11.3 Å². The Bertz CT molecular complexity index is 1160. The van der Waals surface area contributed by atoms with Gasteiger partial charge in [0.2, 0.25) is 15.7 Å². The number of hydrogen-bond acceptors (Lipinski definition) is 8. The van der Waals surface area contributed by atoms with Gasteiger partial charge in [-0.25, -0.2) is 18.2 Å². The van der Waals surface area contributed by atoms with Crippen LogP contribution in [0.25, 0.3) is 10.4 Å². The summed E-state index contributed by atoms with van der Waals surface area (Å²) in [6.07, 6.45) is 2.01. The topological polar surface area (TPSA) is 150 Å². The third kappa shape index (κ3) is 2.74. The number of aliphatic hydroxyl groups excluding tert-OH is 2. The molecule has 2 aromatic rings. The Kier molecular flexibility index (Phi) is 4.57. The van der Waals surface area contributed by atoms with Gasteiger partial charge in [0, 0.05) is 17.7 Å². The van der Waals surface area contributed by atoms with Crippen molar-refractivity contribution in [2.45, 2.75) is 31.0 Å². The Morgan fingerprint density at radius 2 is 2.10 bits per heavy atom. The SMILES string of the molecule is C[C@@H](O)[C@H]1C(=O)N2C(C(=O)O)=C(c3cn4cnc(S(=O)(=O)CCO)c4s3)[C@H](C)[C@H]12. The minimum Gasteiger partial charge on any atom is -0.477 e. The van der Waals surface area contributed by atoms with Crippen molar-refractivity contribution in [2.75, 3.05) is 12.4 Å². The van der Waals surface area contributed by atoms with Gasteiger partial charge < -0.3 is 20.2 Å². The van der Waals surface area contributed by atoms with Crippen molar-refractivity contribution in [1.29, 1.82) is 0 Å². The predicted molar refractivity (Wildman–Crippen MR) is 102 cm³/mol. The molecular weight excluding hydrogens is 422 g/mol. The van der Waals surface area contributed by atoms with E-state index in [-0.39, 0.29) is 16.6 Å². The lowest BCUT2D eigenvalue weighted by molar-refractivity contribution is -0.163. The highest BCUT2D eigenvalue weighted by atomic mass is 32.2. The normalized spacial score (nSPS) is 25.4. The van der Waals surface area contributed by atoms with E-state index in [0.717, 1.165) is 11.3 Å². The van der Waals surface area contributed by atoms with Crippen molar-refractivity contribution in [3.8, 4) is 0 Å². The number of imidazole rings is 1. The Balaban J connectivity index is 1.84. The lowest BCUT2D eigenvalue weighted by Gasteiger charge is -2.46. The van der Waals surface area contributed by atoms with E-state index in [1.807, 2.05) is 0 Å². The van der Waals surface area contributed by atoms with Crippen LogP contribution in [0.15, 0.2) is 23.2 Å². The number of rotatable bonds is 6. The minimum absolute atomic E-state index is 0.137. The number of carbonyl (C=O) groups is 2. The van der Waals surface area contributed by atoms with Gasteiger partial charge >= 0.3 is 5.97 Å². The van der Waals surface area contributed by atoms with Crippen LogP contribution in [-0.2, 0) is 19.4 Å². The molecule has 3 N–H and O–H groups in total. The standard InChI is InChI=1S/C17H19N3O7S2/c1-7-10(13(17(24)25)20-12(7)11(8(2)22)15(20)23)9-5-19-6-18-14(16(19)28-9)29(26,27)4-3-21/h5-8,11-12,21-22H,3-4H2,1-2H3,(H,24,25)/t7-,8+,11+,12+/m0/s1. The van der Waals surface area contributed by atoms with E-state index in [2.05, 4.69) is 4.98 Å². The first-order chi connectivity index (χ1) is 13.6. The third-order valence-corrected chi connectivity index (χ3v) is 8.35. The molecule has 2 aromatic heterocycles. The maximum absolute atomic E-state index is 12.5. The van der Waals surface area contributed by atoms with Gasteiger partial charge in [-0.2, -0.15) is 0 Å². The Labute approximate surface area is 169 Å². The minimum atomic E-state index is -3.79. The van der Waals surface area contributed by atoms with E-state index in [9.17, 15) is 28.2 Å². The van der Waals surface area contributed by atoms with Gasteiger partial charge in [-0.15, -0.1) is 11.3 Å². The molecule has 12 heteroatoms. The number of carboxylic acids is 1. The molecule has 2 aliphatic heterocycles. The van der Waals surface area contributed by atoms with Gasteiger partial charge in [0.15, 0.2) is 5.03 Å². The average Bonchev–Trinajstić information content (AvgIpc) is 3.24. The second-order valence-electron chi connectivity index (χ2n) is 7.22. The highest BCUT2D eigenvalue weighted by Crippen LogP contribution is 2.51. The molecule has 0 aliphatic carbocycles. The molecule has 1 fully saturated rings. The molecule has 0 unspecified atom stereocenters. The summed E-state index contributed by atoms with van der Waals surface area (Å²) in [6.45, 7) is 2.76. The maximum Gasteiger partial charge on any atom is 0.352 e. The molecule has 156 valence electrons. The largest absolute Gasteiger partial charge is 0.477 e. The summed E-state index contributed by atoms with van der Waals surface area (Å²) in [5.74, 6) is -3.18. The van der Waals surface area contributed by atoms with Crippen LogP contribution < -0.4 is 0 Å². The third-order valence-electron chi connectivity index (χ3n) is 5.47. The molecule has 0 bridgehead atoms. The first-order valence-electron chi connectivity index (χ1n) is 8.89. The van der Waals surface area contributed by atoms with Crippen LogP contribution in [0.1, 0.15) is 18.7 Å². The molecule has 2 aliphatic rings. The highest BCUT2D eigenvalue weighted by Gasteiger charge is 2.60. The lowest BCUT2D eigenvalue weighted by Crippen LogP contribution is -2.63. The zero-order valence-electron chi connectivity index (χ0n) is 15.5. The molecule has 4 rings (SSSR count). The van der Waals surface area contributed by atoms with Gasteiger partial charge in [0.05, 0.1) is 35.3 Å². The molecule has 29 heavy (non-hydrogen) atoms. The summed E-state index contributed by atoms with van der Waals surface area (Å²) in [5.41, 5.74) is 0.292. The number of nitrogens with zero attached hydrogens (tertiary/aromatic N) is 3. The first-order valence-corrected chi connectivity index (χ1v) is 11.4. The summed E-state index contributed by atoms with van der Waals surface area (Å²) in [7, 11) is -3.79. The predicted octanol–water partition coefficient (Wildman–Crippen LogP) is -0.185. The number of thiazole rings is 1. The number of carboxylic acid groups (broad SMARTS) is 1. The zero-order chi connectivity index (χ0) is 21.2. The summed E-state index contributed by atoms with van der Waals surface area (Å²) < 4.78 is 26.2. The molecule has 0 saturated carbocycles. The van der Waals surface area contributed by atoms with Crippen LogP contribution in [0.3, 0.4) is 0 Å². The van der Waals surface area contributed by atoms with E-state index >= 15 is 0 Å². The number of β-lactam (4-membered cyclic amide) rings is 1. The van der Waals surface area contributed by atoms with Crippen molar-refractivity contribution in [3.63, 3.8) is 0 Å². The van der Waals surface area contributed by atoms with Crippen LogP contribution in [0.4, 0.5) is 0 Å². The molecule has 1 amide bonds. The summed E-state index contributed by atoms with van der Waals surface area (Å²) >= 11 is 1.07. The van der Waals surface area contributed by atoms with Gasteiger partial charge in [0.25, 0.3) is 0 Å². The smallest absolute Gasteiger partial charge is 0.352 e. The molecule has 0 spiro atoms. The van der Waals surface area contributed by atoms with Gasteiger partial charge in [-0.3, -0.25) is 9.20 Å². The second kappa shape index (κ2) is 6.62. The zero-order valence-corrected chi connectivity index (χ0v) is 17.1. The molecule has 0 radical (unpaired) electrons. The molecular formula is C17H19N3O7S2. The number of aromatic nitrogens is 2. The van der Waals surface area contributed by atoms with Crippen molar-refractivity contribution >= 4 is 43.5 Å². The number of carbonyl (C=O) groups excluding carboxylic acids is 1. The van der Waals surface area contributed by atoms with Gasteiger partial charge in [-0.1, -0.05) is 6.92 Å². The monoisotopic (exact) mass is 441 g/mol. The summed E-state index contributed by atoms with van der Waals surface area (Å²) in [6, 6.07) is -0.458. The fourth-order valence-corrected chi connectivity index (χ4v) is 6.86. The Morgan fingerprint density at radius 3 is 2.69 bits per heavy atom. The van der Waals surface area contributed by atoms with Crippen molar-refractivity contribution in [1.82, 2.24) is 14.3 Å². The van der Waals surface area contributed by atoms with Gasteiger partial charge in [-0.05, 0) is 6.92 Å². The van der Waals surface area contributed by atoms with E-state index < -0.39 is 52.1 Å². The first kappa shape index (κ1) is 20.0. The fourth-order valence-electron chi connectivity index (χ4n) is 4.23. The molecule has 10 nitrogen and oxygen atoms in total. The van der Waals surface area contributed by atoms with E-state index in [1.165, 1.54) is 22.6 Å². The summed E-state index contributed by atoms with van der Waals surface area (Å²) in [5, 5.41) is 28.5. The van der Waals surface area contributed by atoms with Crippen LogP contribution in [0, 0.1) is 11.8 Å². The number of hydrogen-bond donors (Lipinski definition) is 3. The molecule has 4 atom stereocenters. The summed E-state index contributed by atoms with van der Waals surface area (Å²) in [4.78, 5) is 30.4. The highest BCUT2D eigenvalue weighted by molar-refractivity contribution is 7.91. The van der Waals surface area contributed by atoms with E-state index in [4.69, 9.17) is 5.11 Å². The number of amides is 1. The van der Waals surface area contributed by atoms with Crippen LogP contribution in [-0.4, -0.2) is 74.4 Å². The van der Waals surface area contributed by atoms with Crippen LogP contribution in [0.5, 0.6) is 0 Å². The number of sulfone groups is 1. The average molecular weight is 441 g/mol. The maximum atomic E-state index is 12.5. The number of fused-ring (bicyclic) bond motifs is 2. The van der Waals surface area contributed by atoms with Crippen LogP contribution in [0.2, 0.25) is 0 Å². The van der Waals surface area contributed by atoms with Crippen molar-refractivity contribution < 1.29 is 33.3 Å². The molecule has 4 heterocycles. The number of aliphatic hydroxyl groups is 2. The van der Waals surface area contributed by atoms with E-state index in [0.29, 0.717) is 15.3 Å². The van der Waals surface area contributed by atoms with E-state index in [1.54, 1.807) is 13.1 Å². The van der Waals surface area contributed by atoms with Crippen molar-refractivity contribution in [2.24, 2.45) is 11.8 Å². The molecule has 1 saturated heterocycles. The second-order valence-corrected chi connectivity index (χ2v) is 10.3. The Hall–Kier alpha value is -2.28. The molecule has 0 aromatic carbocycles. The van der Waals surface area contributed by atoms with Crippen molar-refractivity contribution in [3.05, 3.63) is 23.1 Å². The number of aliphatic carboxylic acids is 1. The quantitative estimate of drug-likeness (QED) is 0.523.